The van der Waals surface area contributed by atoms with E-state index in [1.54, 1.807) is 10.8 Å². The van der Waals surface area contributed by atoms with Crippen LogP contribution in [0.1, 0.15) is 0 Å². The van der Waals surface area contributed by atoms with Gasteiger partial charge in [0.15, 0.2) is 0 Å². The zero-order valence-electron chi connectivity index (χ0n) is 7.42. The van der Waals surface area contributed by atoms with Gasteiger partial charge in [-0.1, -0.05) is 18.2 Å². The molecule has 0 amide bonds. The Morgan fingerprint density at radius 1 is 1.21 bits per heavy atom. The van der Waals surface area contributed by atoms with Gasteiger partial charge in [-0.05, 0) is 17.5 Å². The molecule has 0 bridgehead atoms. The van der Waals surface area contributed by atoms with Crippen molar-refractivity contribution in [2.24, 2.45) is 5.14 Å². The number of hydrogen-bond acceptors (Lipinski definition) is 2. The van der Waals surface area contributed by atoms with E-state index in [0.717, 1.165) is 10.9 Å². The highest BCUT2D eigenvalue weighted by Gasteiger charge is 2.06. The molecule has 0 atom stereocenters. The average molecular weight is 210 g/mol. The summed E-state index contributed by atoms with van der Waals surface area (Å²) >= 11 is 0. The maximum atomic E-state index is 10.9. The minimum absolute atomic E-state index is 0.180. The summed E-state index contributed by atoms with van der Waals surface area (Å²) in [7, 11) is -3.48. The fraction of sp³-hybridized carbons (Fsp3) is 0.111. The Labute approximate surface area is 82.0 Å². The summed E-state index contributed by atoms with van der Waals surface area (Å²) in [6, 6.07) is 9.42. The molecule has 14 heavy (non-hydrogen) atoms. The van der Waals surface area contributed by atoms with Crippen LogP contribution in [0.2, 0.25) is 0 Å². The lowest BCUT2D eigenvalue weighted by Crippen LogP contribution is -2.18. The van der Waals surface area contributed by atoms with E-state index in [9.17, 15) is 8.42 Å². The van der Waals surface area contributed by atoms with Crippen molar-refractivity contribution in [3.8, 4) is 0 Å². The van der Waals surface area contributed by atoms with E-state index < -0.39 is 10.0 Å². The third-order valence-electron chi connectivity index (χ3n) is 2.00. The minimum atomic E-state index is -3.48. The first-order chi connectivity index (χ1) is 6.56. The average Bonchev–Trinajstić information content (AvgIpc) is 2.47. The van der Waals surface area contributed by atoms with Crippen LogP contribution in [0.3, 0.4) is 0 Å². The summed E-state index contributed by atoms with van der Waals surface area (Å²) in [6.07, 6.45) is 1.72. The molecule has 2 rings (SSSR count). The van der Waals surface area contributed by atoms with Crippen molar-refractivity contribution in [2.75, 3.05) is 0 Å². The molecule has 0 saturated heterocycles. The van der Waals surface area contributed by atoms with Gasteiger partial charge >= 0.3 is 0 Å². The normalized spacial score (nSPS) is 12.1. The van der Waals surface area contributed by atoms with Crippen molar-refractivity contribution in [1.82, 2.24) is 4.57 Å². The monoisotopic (exact) mass is 210 g/mol. The second-order valence-corrected chi connectivity index (χ2v) is 4.72. The van der Waals surface area contributed by atoms with Gasteiger partial charge in [-0.2, -0.15) is 0 Å². The van der Waals surface area contributed by atoms with Crippen molar-refractivity contribution in [2.45, 2.75) is 5.88 Å². The lowest BCUT2D eigenvalue weighted by atomic mass is 10.2. The molecule has 2 aromatic rings. The van der Waals surface area contributed by atoms with Crippen LogP contribution < -0.4 is 5.14 Å². The van der Waals surface area contributed by atoms with Gasteiger partial charge in [0.1, 0.15) is 5.88 Å². The van der Waals surface area contributed by atoms with Crippen LogP contribution in [-0.2, 0) is 15.9 Å². The van der Waals surface area contributed by atoms with E-state index in [1.807, 2.05) is 30.3 Å². The summed E-state index contributed by atoms with van der Waals surface area (Å²) in [6.45, 7) is 0. The number of fused-ring (bicyclic) bond motifs is 1. The molecule has 1 aromatic carbocycles. The molecular weight excluding hydrogens is 200 g/mol. The van der Waals surface area contributed by atoms with E-state index in [1.165, 1.54) is 0 Å². The molecule has 4 nitrogen and oxygen atoms in total. The fourth-order valence-electron chi connectivity index (χ4n) is 1.45. The Hall–Kier alpha value is -1.33. The third kappa shape index (κ3) is 1.78. The quantitative estimate of drug-likeness (QED) is 0.799. The second-order valence-electron chi connectivity index (χ2n) is 3.14. The van der Waals surface area contributed by atoms with Crippen LogP contribution in [0.15, 0.2) is 36.5 Å². The predicted octanol–water partition coefficient (Wildman–Crippen LogP) is 0.887. The molecule has 0 spiro atoms. The SMILES string of the molecule is NS(=O)(=O)Cn1ccc2ccccc21. The van der Waals surface area contributed by atoms with Gasteiger partial charge < -0.3 is 4.57 Å². The molecule has 0 aliphatic carbocycles. The Balaban J connectivity index is 2.54. The zero-order chi connectivity index (χ0) is 10.2. The highest BCUT2D eigenvalue weighted by atomic mass is 32.2. The summed E-state index contributed by atoms with van der Waals surface area (Å²) in [5.41, 5.74) is 0.876. The first-order valence-electron chi connectivity index (χ1n) is 4.11. The van der Waals surface area contributed by atoms with E-state index in [2.05, 4.69) is 0 Å². The largest absolute Gasteiger partial charge is 0.331 e. The van der Waals surface area contributed by atoms with E-state index >= 15 is 0 Å². The molecule has 0 saturated carbocycles. The number of rotatable bonds is 2. The van der Waals surface area contributed by atoms with Gasteiger partial charge in [0.2, 0.25) is 10.0 Å². The number of nitrogens with two attached hydrogens (primary N) is 1. The molecule has 1 heterocycles. The smallest absolute Gasteiger partial charge is 0.227 e. The molecular formula is C9H10N2O2S. The number of para-hydroxylation sites is 1. The van der Waals surface area contributed by atoms with Gasteiger partial charge in [0.05, 0.1) is 0 Å². The molecule has 74 valence electrons. The van der Waals surface area contributed by atoms with Crippen LogP contribution >= 0.6 is 0 Å². The number of primary sulfonamides is 1. The summed E-state index contributed by atoms with van der Waals surface area (Å²) < 4.78 is 23.4. The van der Waals surface area contributed by atoms with Crippen LogP contribution in [0.4, 0.5) is 0 Å². The van der Waals surface area contributed by atoms with Crippen LogP contribution in [0, 0.1) is 0 Å². The highest BCUT2D eigenvalue weighted by Crippen LogP contribution is 2.15. The summed E-state index contributed by atoms with van der Waals surface area (Å²) in [5.74, 6) is -0.180. The van der Waals surface area contributed by atoms with Crippen LogP contribution in [0.5, 0.6) is 0 Å². The maximum Gasteiger partial charge on any atom is 0.227 e. The van der Waals surface area contributed by atoms with Gasteiger partial charge in [-0.3, -0.25) is 0 Å². The Morgan fingerprint density at radius 2 is 1.93 bits per heavy atom. The fourth-order valence-corrected chi connectivity index (χ4v) is 2.06. The van der Waals surface area contributed by atoms with Crippen molar-refractivity contribution < 1.29 is 8.42 Å². The first-order valence-corrected chi connectivity index (χ1v) is 5.82. The Morgan fingerprint density at radius 3 is 2.64 bits per heavy atom. The molecule has 0 aliphatic heterocycles. The van der Waals surface area contributed by atoms with Crippen molar-refractivity contribution in [1.29, 1.82) is 0 Å². The second kappa shape index (κ2) is 3.11. The number of hydrogen-bond donors (Lipinski definition) is 1. The topological polar surface area (TPSA) is 65.1 Å². The lowest BCUT2D eigenvalue weighted by molar-refractivity contribution is 0.587. The number of nitrogens with zero attached hydrogens (tertiary/aromatic N) is 1. The van der Waals surface area contributed by atoms with E-state index in [4.69, 9.17) is 5.14 Å². The summed E-state index contributed by atoms with van der Waals surface area (Å²) in [4.78, 5) is 0. The number of aromatic nitrogens is 1. The highest BCUT2D eigenvalue weighted by molar-refractivity contribution is 7.88. The molecule has 0 unspecified atom stereocenters. The van der Waals surface area contributed by atoms with Gasteiger partial charge in [-0.15, -0.1) is 0 Å². The van der Waals surface area contributed by atoms with Gasteiger partial charge in [-0.25, -0.2) is 13.6 Å². The molecule has 0 aliphatic rings. The third-order valence-corrected chi connectivity index (χ3v) is 2.64. The van der Waals surface area contributed by atoms with E-state index in [0.29, 0.717) is 0 Å². The van der Waals surface area contributed by atoms with Crippen LogP contribution in [0.25, 0.3) is 10.9 Å². The standard InChI is InChI=1S/C9H10N2O2S/c10-14(12,13)7-11-6-5-8-3-1-2-4-9(8)11/h1-6H,7H2,(H2,10,12,13). The Bertz CT molecular complexity index is 557. The summed E-state index contributed by atoms with van der Waals surface area (Å²) in [5, 5.41) is 5.98. The Kier molecular flexibility index (Phi) is 2.05. The number of benzene rings is 1. The molecule has 0 radical (unpaired) electrons. The lowest BCUT2D eigenvalue weighted by Gasteiger charge is -2.02. The van der Waals surface area contributed by atoms with E-state index in [-0.39, 0.29) is 5.88 Å². The van der Waals surface area contributed by atoms with Gasteiger partial charge in [0.25, 0.3) is 0 Å². The van der Waals surface area contributed by atoms with Gasteiger partial charge in [0, 0.05) is 11.7 Å². The first kappa shape index (κ1) is 9.23. The predicted molar refractivity (Wildman–Crippen MR) is 55.0 cm³/mol. The molecule has 0 fully saturated rings. The van der Waals surface area contributed by atoms with Crippen molar-refractivity contribution in [3.63, 3.8) is 0 Å². The minimum Gasteiger partial charge on any atom is -0.331 e. The zero-order valence-corrected chi connectivity index (χ0v) is 8.24. The maximum absolute atomic E-state index is 10.9. The molecule has 1 aromatic heterocycles. The number of sulfonamides is 1. The van der Waals surface area contributed by atoms with Crippen molar-refractivity contribution in [3.05, 3.63) is 36.5 Å². The van der Waals surface area contributed by atoms with Crippen molar-refractivity contribution >= 4 is 20.9 Å². The molecule has 2 N–H and O–H groups in total. The molecule has 5 heteroatoms. The van der Waals surface area contributed by atoms with Crippen LogP contribution in [-0.4, -0.2) is 13.0 Å².